The minimum Gasteiger partial charge on any atom is -0.396 e. The van der Waals surface area contributed by atoms with Gasteiger partial charge in [0.1, 0.15) is 11.5 Å². The molecule has 3 rings (SSSR count). The zero-order valence-electron chi connectivity index (χ0n) is 10.3. The van der Waals surface area contributed by atoms with Gasteiger partial charge in [-0.05, 0) is 28.9 Å². The summed E-state index contributed by atoms with van der Waals surface area (Å²) < 4.78 is 19.4. The van der Waals surface area contributed by atoms with Crippen molar-refractivity contribution in [3.05, 3.63) is 28.6 Å². The van der Waals surface area contributed by atoms with E-state index in [0.717, 1.165) is 24.1 Å². The monoisotopic (exact) mass is 325 g/mol. The van der Waals surface area contributed by atoms with Gasteiger partial charge in [0.05, 0.1) is 34.2 Å². The molecule has 0 aliphatic carbocycles. The molecule has 4 nitrogen and oxygen atoms in total. The second kappa shape index (κ2) is 4.31. The Morgan fingerprint density at radius 3 is 2.89 bits per heavy atom. The molecule has 100 valence electrons. The number of halogens is 2. The molecule has 2 heterocycles. The molecule has 1 atom stereocenters. The number of aromatic nitrogens is 1. The molecule has 0 radical (unpaired) electrons. The number of nitrogens with zero attached hydrogens (tertiary/aromatic N) is 1. The summed E-state index contributed by atoms with van der Waals surface area (Å²) in [5, 5.41) is 4.05. The highest BCUT2D eigenvalue weighted by Gasteiger charge is 2.33. The summed E-state index contributed by atoms with van der Waals surface area (Å²) in [5.74, 6) is -0.346. The normalized spacial score (nSPS) is 22.3. The van der Waals surface area contributed by atoms with Gasteiger partial charge in [0.15, 0.2) is 0 Å². The first-order valence-corrected chi connectivity index (χ1v) is 6.73. The van der Waals surface area contributed by atoms with Crippen molar-refractivity contribution in [3.63, 3.8) is 0 Å². The van der Waals surface area contributed by atoms with Crippen LogP contribution in [0.3, 0.4) is 0 Å². The maximum atomic E-state index is 13.5. The summed E-state index contributed by atoms with van der Waals surface area (Å²) in [6.07, 6.45) is 2.43. The van der Waals surface area contributed by atoms with Gasteiger partial charge in [0.2, 0.25) is 0 Å². The number of hydrogen-bond donors (Lipinski definition) is 2. The highest BCUT2D eigenvalue weighted by molar-refractivity contribution is 9.10. The van der Waals surface area contributed by atoms with Crippen LogP contribution in [0.4, 0.5) is 15.8 Å². The Bertz CT molecular complexity index is 658. The van der Waals surface area contributed by atoms with E-state index in [1.165, 1.54) is 12.3 Å². The molecule has 1 aromatic carbocycles. The molecule has 1 aromatic heterocycles. The molecular formula is C13H13BrFN3O. The summed E-state index contributed by atoms with van der Waals surface area (Å²) in [6, 6.07) is 3.06. The van der Waals surface area contributed by atoms with Gasteiger partial charge in [-0.1, -0.05) is 0 Å². The molecule has 2 aromatic rings. The zero-order valence-corrected chi connectivity index (χ0v) is 11.9. The second-order valence-electron chi connectivity index (χ2n) is 4.83. The highest BCUT2D eigenvalue weighted by atomic mass is 79.9. The fourth-order valence-electron chi connectivity index (χ4n) is 2.11. The Morgan fingerprint density at radius 2 is 2.26 bits per heavy atom. The summed E-state index contributed by atoms with van der Waals surface area (Å²) in [7, 11) is 0. The number of pyridine rings is 1. The number of benzene rings is 1. The van der Waals surface area contributed by atoms with Gasteiger partial charge >= 0.3 is 0 Å². The molecule has 0 bridgehead atoms. The summed E-state index contributed by atoms with van der Waals surface area (Å²) >= 11 is 3.18. The molecule has 1 fully saturated rings. The zero-order chi connectivity index (χ0) is 13.6. The van der Waals surface area contributed by atoms with Crippen molar-refractivity contribution in [1.29, 1.82) is 0 Å². The minimum absolute atomic E-state index is 0.346. The predicted molar refractivity (Wildman–Crippen MR) is 76.4 cm³/mol. The lowest BCUT2D eigenvalue weighted by Crippen LogP contribution is -2.47. The molecule has 1 aliphatic rings. The van der Waals surface area contributed by atoms with E-state index < -0.39 is 5.72 Å². The van der Waals surface area contributed by atoms with E-state index in [1.54, 1.807) is 6.07 Å². The van der Waals surface area contributed by atoms with E-state index in [9.17, 15) is 4.39 Å². The van der Waals surface area contributed by atoms with Crippen LogP contribution in [0.25, 0.3) is 10.9 Å². The fourth-order valence-corrected chi connectivity index (χ4v) is 2.46. The first-order valence-electron chi connectivity index (χ1n) is 5.94. The van der Waals surface area contributed by atoms with Gasteiger partial charge in [-0.2, -0.15) is 0 Å². The first-order chi connectivity index (χ1) is 8.98. The lowest BCUT2D eigenvalue weighted by molar-refractivity contribution is -0.113. The Morgan fingerprint density at radius 1 is 1.53 bits per heavy atom. The first kappa shape index (κ1) is 12.6. The minimum atomic E-state index is -0.413. The van der Waals surface area contributed by atoms with Crippen molar-refractivity contribution in [2.75, 3.05) is 17.7 Å². The number of hydrogen-bond acceptors (Lipinski definition) is 4. The van der Waals surface area contributed by atoms with Gasteiger partial charge in [-0.3, -0.25) is 4.98 Å². The second-order valence-corrected chi connectivity index (χ2v) is 5.68. The molecular weight excluding hydrogens is 313 g/mol. The largest absolute Gasteiger partial charge is 0.396 e. The fraction of sp³-hybridized carbons (Fsp3) is 0.308. The summed E-state index contributed by atoms with van der Waals surface area (Å²) in [5.41, 5.74) is 7.36. The van der Waals surface area contributed by atoms with Crippen LogP contribution in [0, 0.1) is 5.82 Å². The topological polar surface area (TPSA) is 60.2 Å². The van der Waals surface area contributed by atoms with Crippen LogP contribution >= 0.6 is 15.9 Å². The quantitative estimate of drug-likeness (QED) is 0.889. The average molecular weight is 326 g/mol. The molecule has 6 heteroatoms. The number of nitrogen functional groups attached to an aromatic ring is 1. The van der Waals surface area contributed by atoms with Gasteiger partial charge in [0.25, 0.3) is 0 Å². The molecule has 0 spiro atoms. The highest BCUT2D eigenvalue weighted by Crippen LogP contribution is 2.36. The number of rotatable bonds is 2. The van der Waals surface area contributed by atoms with Crippen molar-refractivity contribution in [2.24, 2.45) is 0 Å². The van der Waals surface area contributed by atoms with Crippen molar-refractivity contribution in [2.45, 2.75) is 19.1 Å². The van der Waals surface area contributed by atoms with Crippen LogP contribution in [0.2, 0.25) is 0 Å². The third-order valence-electron chi connectivity index (χ3n) is 3.33. The van der Waals surface area contributed by atoms with E-state index in [0.29, 0.717) is 15.7 Å². The number of nitrogens with two attached hydrogens (primary N) is 1. The van der Waals surface area contributed by atoms with Crippen molar-refractivity contribution in [3.8, 4) is 0 Å². The van der Waals surface area contributed by atoms with Gasteiger partial charge in [0, 0.05) is 17.9 Å². The molecule has 0 saturated carbocycles. The van der Waals surface area contributed by atoms with Crippen LogP contribution in [0.1, 0.15) is 13.3 Å². The van der Waals surface area contributed by atoms with Crippen LogP contribution in [0.5, 0.6) is 0 Å². The summed E-state index contributed by atoms with van der Waals surface area (Å²) in [6.45, 7) is 2.69. The van der Waals surface area contributed by atoms with E-state index in [4.69, 9.17) is 10.5 Å². The Labute approximate surface area is 118 Å². The van der Waals surface area contributed by atoms with Gasteiger partial charge in [-0.15, -0.1) is 0 Å². The SMILES string of the molecule is CC1(Nc2c(N)cnc3cc(F)c(Br)cc23)CCO1. The van der Waals surface area contributed by atoms with Crippen LogP contribution in [-0.2, 0) is 4.74 Å². The number of ether oxygens (including phenoxy) is 1. The van der Waals surface area contributed by atoms with E-state index in [2.05, 4.69) is 26.2 Å². The molecule has 1 saturated heterocycles. The van der Waals surface area contributed by atoms with Gasteiger partial charge in [-0.25, -0.2) is 4.39 Å². The molecule has 3 N–H and O–H groups in total. The third-order valence-corrected chi connectivity index (χ3v) is 3.94. The maximum Gasteiger partial charge on any atom is 0.139 e. The van der Waals surface area contributed by atoms with Crippen molar-refractivity contribution in [1.82, 2.24) is 4.98 Å². The lowest BCUT2D eigenvalue weighted by Gasteiger charge is -2.40. The molecule has 0 amide bonds. The Balaban J connectivity index is 2.15. The van der Waals surface area contributed by atoms with Crippen LogP contribution < -0.4 is 11.1 Å². The summed E-state index contributed by atoms with van der Waals surface area (Å²) in [4.78, 5) is 4.15. The number of fused-ring (bicyclic) bond motifs is 1. The lowest BCUT2D eigenvalue weighted by atomic mass is 10.1. The number of anilines is 2. The molecule has 1 aliphatic heterocycles. The Kier molecular flexibility index (Phi) is 2.87. The maximum absolute atomic E-state index is 13.5. The average Bonchev–Trinajstić information content (AvgIpc) is 2.33. The van der Waals surface area contributed by atoms with E-state index >= 15 is 0 Å². The molecule has 1 unspecified atom stereocenters. The Hall–Kier alpha value is -1.40. The number of nitrogens with one attached hydrogen (secondary N) is 1. The smallest absolute Gasteiger partial charge is 0.139 e. The van der Waals surface area contributed by atoms with Crippen LogP contribution in [0.15, 0.2) is 22.8 Å². The van der Waals surface area contributed by atoms with E-state index in [-0.39, 0.29) is 5.82 Å². The van der Waals surface area contributed by atoms with Crippen LogP contribution in [-0.4, -0.2) is 17.3 Å². The molecule has 19 heavy (non-hydrogen) atoms. The third kappa shape index (κ3) is 2.15. The predicted octanol–water partition coefficient (Wildman–Crippen LogP) is 3.27. The van der Waals surface area contributed by atoms with Crippen molar-refractivity contribution >= 4 is 38.2 Å². The standard InChI is InChI=1S/C13H13BrFN3O/c1-13(2-3-19-13)18-12-7-4-8(14)9(15)5-11(7)17-6-10(12)16/h4-6H,2-3,16H2,1H3,(H,17,18). The van der Waals surface area contributed by atoms with E-state index in [1.807, 2.05) is 6.92 Å². The van der Waals surface area contributed by atoms with Crippen molar-refractivity contribution < 1.29 is 9.13 Å². The van der Waals surface area contributed by atoms with Gasteiger partial charge < -0.3 is 15.8 Å².